The molecular formula is C18H17N3O2S2. The van der Waals surface area contributed by atoms with Gasteiger partial charge in [-0.05, 0) is 36.6 Å². The van der Waals surface area contributed by atoms with Crippen LogP contribution >= 0.6 is 23.5 Å². The number of carbonyl (C=O) groups is 1. The van der Waals surface area contributed by atoms with Crippen molar-refractivity contribution >= 4 is 35.4 Å². The Morgan fingerprint density at radius 1 is 1.08 bits per heavy atom. The van der Waals surface area contributed by atoms with E-state index in [0.29, 0.717) is 18.1 Å². The van der Waals surface area contributed by atoms with E-state index < -0.39 is 0 Å². The van der Waals surface area contributed by atoms with E-state index in [1.54, 1.807) is 23.5 Å². The number of amides is 1. The molecule has 0 unspecified atom stereocenters. The van der Waals surface area contributed by atoms with E-state index in [1.807, 2.05) is 60.9 Å². The SMILES string of the molecule is CSc1cccc(-c2nnc(NC(=O)CCSc3ccccc3)o2)c1. The third kappa shape index (κ3) is 5.11. The molecule has 128 valence electrons. The Bertz CT molecular complexity index is 837. The van der Waals surface area contributed by atoms with Crippen LogP contribution in [0.2, 0.25) is 0 Å². The van der Waals surface area contributed by atoms with Crippen LogP contribution in [0.1, 0.15) is 6.42 Å². The van der Waals surface area contributed by atoms with Crippen LogP contribution in [0.3, 0.4) is 0 Å². The Labute approximate surface area is 154 Å². The lowest BCUT2D eigenvalue weighted by Crippen LogP contribution is -2.12. The fourth-order valence-corrected chi connectivity index (χ4v) is 3.44. The predicted molar refractivity (Wildman–Crippen MR) is 102 cm³/mol. The fourth-order valence-electron chi connectivity index (χ4n) is 2.11. The maximum atomic E-state index is 12.0. The summed E-state index contributed by atoms with van der Waals surface area (Å²) in [6.07, 6.45) is 2.38. The number of hydrogen-bond donors (Lipinski definition) is 1. The normalized spacial score (nSPS) is 10.6. The number of nitrogens with one attached hydrogen (secondary N) is 1. The Hall–Kier alpha value is -2.25. The number of nitrogens with zero attached hydrogens (tertiary/aromatic N) is 2. The summed E-state index contributed by atoms with van der Waals surface area (Å²) in [7, 11) is 0. The molecule has 0 saturated carbocycles. The fraction of sp³-hybridized carbons (Fsp3) is 0.167. The second-order valence-corrected chi connectivity index (χ2v) is 7.15. The number of thioether (sulfide) groups is 2. The molecule has 0 fully saturated rings. The van der Waals surface area contributed by atoms with Gasteiger partial charge in [0.1, 0.15) is 0 Å². The van der Waals surface area contributed by atoms with Gasteiger partial charge in [-0.3, -0.25) is 10.1 Å². The molecule has 0 aliphatic rings. The van der Waals surface area contributed by atoms with Gasteiger partial charge in [0.05, 0.1) is 0 Å². The predicted octanol–water partition coefficient (Wildman–Crippen LogP) is 4.58. The van der Waals surface area contributed by atoms with Gasteiger partial charge < -0.3 is 4.42 Å². The molecule has 0 radical (unpaired) electrons. The van der Waals surface area contributed by atoms with E-state index in [4.69, 9.17) is 4.42 Å². The summed E-state index contributed by atoms with van der Waals surface area (Å²) in [4.78, 5) is 14.2. The largest absolute Gasteiger partial charge is 0.403 e. The highest BCUT2D eigenvalue weighted by atomic mass is 32.2. The van der Waals surface area contributed by atoms with E-state index in [2.05, 4.69) is 15.5 Å². The van der Waals surface area contributed by atoms with Crippen molar-refractivity contribution in [3.63, 3.8) is 0 Å². The van der Waals surface area contributed by atoms with Gasteiger partial charge in [-0.2, -0.15) is 0 Å². The minimum atomic E-state index is -0.142. The van der Waals surface area contributed by atoms with Crippen molar-refractivity contribution in [1.82, 2.24) is 10.2 Å². The van der Waals surface area contributed by atoms with Crippen molar-refractivity contribution < 1.29 is 9.21 Å². The third-order valence-corrected chi connectivity index (χ3v) is 5.07. The minimum absolute atomic E-state index is 0.124. The molecule has 0 aliphatic heterocycles. The number of carbonyl (C=O) groups excluding carboxylic acids is 1. The van der Waals surface area contributed by atoms with Crippen molar-refractivity contribution in [2.24, 2.45) is 0 Å². The van der Waals surface area contributed by atoms with Crippen LogP contribution in [-0.2, 0) is 4.79 Å². The van der Waals surface area contributed by atoms with Crippen LogP contribution < -0.4 is 5.32 Å². The summed E-state index contributed by atoms with van der Waals surface area (Å²) in [5.41, 5.74) is 0.833. The molecule has 7 heteroatoms. The lowest BCUT2D eigenvalue weighted by atomic mass is 10.2. The van der Waals surface area contributed by atoms with Gasteiger partial charge in [0.2, 0.25) is 11.8 Å². The Kier molecular flexibility index (Phi) is 6.14. The molecular weight excluding hydrogens is 354 g/mol. The number of aromatic nitrogens is 2. The van der Waals surface area contributed by atoms with E-state index >= 15 is 0 Å². The number of rotatable bonds is 7. The molecule has 0 aliphatic carbocycles. The molecule has 0 spiro atoms. The first-order valence-electron chi connectivity index (χ1n) is 7.70. The highest BCUT2D eigenvalue weighted by Gasteiger charge is 2.11. The van der Waals surface area contributed by atoms with Gasteiger partial charge in [-0.15, -0.1) is 28.6 Å². The standard InChI is InChI=1S/C18H17N3O2S2/c1-24-15-9-5-6-13(12-15)17-20-21-18(23-17)19-16(22)10-11-25-14-7-3-2-4-8-14/h2-9,12H,10-11H2,1H3,(H,19,21,22). The van der Waals surface area contributed by atoms with Gasteiger partial charge >= 0.3 is 6.01 Å². The maximum absolute atomic E-state index is 12.0. The van der Waals surface area contributed by atoms with Gasteiger partial charge in [0, 0.05) is 27.5 Å². The molecule has 25 heavy (non-hydrogen) atoms. The Morgan fingerprint density at radius 3 is 2.68 bits per heavy atom. The minimum Gasteiger partial charge on any atom is -0.403 e. The summed E-state index contributed by atoms with van der Waals surface area (Å²) in [5, 5.41) is 10.5. The van der Waals surface area contributed by atoms with E-state index in [0.717, 1.165) is 15.4 Å². The van der Waals surface area contributed by atoms with E-state index in [1.165, 1.54) is 0 Å². The summed E-state index contributed by atoms with van der Waals surface area (Å²) < 4.78 is 5.53. The third-order valence-electron chi connectivity index (χ3n) is 3.33. The average Bonchev–Trinajstić information content (AvgIpc) is 3.11. The van der Waals surface area contributed by atoms with Crippen molar-refractivity contribution in [3.05, 3.63) is 54.6 Å². The summed E-state index contributed by atoms with van der Waals surface area (Å²) >= 11 is 3.28. The van der Waals surface area contributed by atoms with Crippen LogP contribution in [0.15, 0.2) is 68.8 Å². The second-order valence-electron chi connectivity index (χ2n) is 5.10. The summed E-state index contributed by atoms with van der Waals surface area (Å²) in [5.74, 6) is 0.938. The van der Waals surface area contributed by atoms with Crippen molar-refractivity contribution in [2.45, 2.75) is 16.2 Å². The van der Waals surface area contributed by atoms with Crippen molar-refractivity contribution in [3.8, 4) is 11.5 Å². The van der Waals surface area contributed by atoms with Gasteiger partial charge in [-0.1, -0.05) is 29.4 Å². The zero-order valence-electron chi connectivity index (χ0n) is 13.6. The lowest BCUT2D eigenvalue weighted by molar-refractivity contribution is -0.115. The number of benzene rings is 2. The van der Waals surface area contributed by atoms with Crippen LogP contribution in [0.25, 0.3) is 11.5 Å². The van der Waals surface area contributed by atoms with Crippen LogP contribution in [0.4, 0.5) is 6.01 Å². The number of hydrogen-bond acceptors (Lipinski definition) is 6. The second kappa shape index (κ2) is 8.73. The molecule has 0 saturated heterocycles. The topological polar surface area (TPSA) is 68.0 Å². The van der Waals surface area contributed by atoms with E-state index in [-0.39, 0.29) is 11.9 Å². The Balaban J connectivity index is 1.53. The molecule has 1 N–H and O–H groups in total. The first-order valence-corrected chi connectivity index (χ1v) is 9.91. The maximum Gasteiger partial charge on any atom is 0.322 e. The summed E-state index contributed by atoms with van der Waals surface area (Å²) in [6, 6.07) is 17.9. The van der Waals surface area contributed by atoms with Gasteiger partial charge in [-0.25, -0.2) is 0 Å². The average molecular weight is 371 g/mol. The van der Waals surface area contributed by atoms with Crippen molar-refractivity contribution in [2.75, 3.05) is 17.3 Å². The molecule has 3 aromatic rings. The quantitative estimate of drug-likeness (QED) is 0.613. The molecule has 0 bridgehead atoms. The first kappa shape index (κ1) is 17.6. The van der Waals surface area contributed by atoms with Crippen LogP contribution in [0, 0.1) is 0 Å². The van der Waals surface area contributed by atoms with E-state index in [9.17, 15) is 4.79 Å². The summed E-state index contributed by atoms with van der Waals surface area (Å²) in [6.45, 7) is 0. The Morgan fingerprint density at radius 2 is 1.88 bits per heavy atom. The smallest absolute Gasteiger partial charge is 0.322 e. The van der Waals surface area contributed by atoms with Gasteiger partial charge in [0.15, 0.2) is 0 Å². The first-order chi connectivity index (χ1) is 12.2. The molecule has 1 amide bonds. The molecule has 0 atom stereocenters. The lowest BCUT2D eigenvalue weighted by Gasteiger charge is -2.01. The zero-order valence-corrected chi connectivity index (χ0v) is 15.3. The monoisotopic (exact) mass is 371 g/mol. The van der Waals surface area contributed by atoms with Gasteiger partial charge in [0.25, 0.3) is 0 Å². The van der Waals surface area contributed by atoms with Crippen molar-refractivity contribution in [1.29, 1.82) is 0 Å². The molecule has 5 nitrogen and oxygen atoms in total. The molecule has 1 heterocycles. The number of anilines is 1. The van der Waals surface area contributed by atoms with Crippen LogP contribution in [-0.4, -0.2) is 28.1 Å². The molecule has 1 aromatic heterocycles. The van der Waals surface area contributed by atoms with Crippen LogP contribution in [0.5, 0.6) is 0 Å². The zero-order chi connectivity index (χ0) is 17.5. The molecule has 3 rings (SSSR count). The highest BCUT2D eigenvalue weighted by molar-refractivity contribution is 7.99. The molecule has 2 aromatic carbocycles. The highest BCUT2D eigenvalue weighted by Crippen LogP contribution is 2.24.